The Morgan fingerprint density at radius 2 is 1.37 bits per heavy atom. The first-order valence-corrected chi connectivity index (χ1v) is 11.7. The number of ketones is 1. The zero-order valence-corrected chi connectivity index (χ0v) is 20.4. The number of hydrogen-bond acceptors (Lipinski definition) is 4. The average Bonchev–Trinajstić information content (AvgIpc) is 2.85. The Labute approximate surface area is 206 Å². The molecule has 3 aromatic rings. The fourth-order valence-corrected chi connectivity index (χ4v) is 3.63. The first-order valence-electron chi connectivity index (χ1n) is 11.7. The highest BCUT2D eigenvalue weighted by Gasteiger charge is 2.28. The Hall–Kier alpha value is -3.93. The highest BCUT2D eigenvalue weighted by molar-refractivity contribution is 5.99. The van der Waals surface area contributed by atoms with Crippen LogP contribution in [0.3, 0.4) is 0 Å². The molecule has 0 radical (unpaired) electrons. The summed E-state index contributed by atoms with van der Waals surface area (Å²) in [6.45, 7) is 5.73. The second-order valence-corrected chi connectivity index (χ2v) is 9.38. The quantitative estimate of drug-likeness (QED) is 0.438. The molecule has 0 bridgehead atoms. The zero-order valence-electron chi connectivity index (χ0n) is 20.4. The van der Waals surface area contributed by atoms with Crippen LogP contribution in [0.2, 0.25) is 0 Å². The van der Waals surface area contributed by atoms with Gasteiger partial charge in [0.25, 0.3) is 5.91 Å². The molecule has 182 valence electrons. The van der Waals surface area contributed by atoms with Gasteiger partial charge in [0.05, 0.1) is 0 Å². The number of nitrogens with one attached hydrogen (secondary N) is 2. The minimum absolute atomic E-state index is 0.0732. The Kier molecular flexibility index (Phi) is 8.79. The minimum Gasteiger partial charge on any atom is -0.445 e. The Morgan fingerprint density at radius 1 is 0.800 bits per heavy atom. The third-order valence-electron chi connectivity index (χ3n) is 5.30. The summed E-state index contributed by atoms with van der Waals surface area (Å²) in [4.78, 5) is 39.1. The normalized spacial score (nSPS) is 11.9. The van der Waals surface area contributed by atoms with Gasteiger partial charge in [-0.2, -0.15) is 0 Å². The second-order valence-electron chi connectivity index (χ2n) is 9.38. The lowest BCUT2D eigenvalue weighted by Gasteiger charge is -2.24. The molecule has 0 heterocycles. The van der Waals surface area contributed by atoms with Gasteiger partial charge in [-0.15, -0.1) is 0 Å². The Bertz CT molecular complexity index is 1140. The first-order chi connectivity index (χ1) is 16.7. The van der Waals surface area contributed by atoms with Crippen LogP contribution in [0.25, 0.3) is 0 Å². The molecule has 3 aromatic carbocycles. The van der Waals surface area contributed by atoms with Crippen LogP contribution < -0.4 is 10.6 Å². The van der Waals surface area contributed by atoms with Crippen molar-refractivity contribution < 1.29 is 19.1 Å². The minimum atomic E-state index is -1.02. The predicted molar refractivity (Wildman–Crippen MR) is 136 cm³/mol. The molecule has 2 N–H and O–H groups in total. The molecule has 0 spiro atoms. The van der Waals surface area contributed by atoms with Crippen molar-refractivity contribution in [2.75, 3.05) is 0 Å². The molecule has 0 unspecified atom stereocenters. The summed E-state index contributed by atoms with van der Waals surface area (Å²) in [7, 11) is 0. The summed E-state index contributed by atoms with van der Waals surface area (Å²) in [6.07, 6.45) is -0.00573. The number of rotatable bonds is 9. The smallest absolute Gasteiger partial charge is 0.408 e. The largest absolute Gasteiger partial charge is 0.445 e. The van der Waals surface area contributed by atoms with Crippen LogP contribution in [-0.4, -0.2) is 23.3 Å². The number of carbonyl (C=O) groups is 3. The maximum absolute atomic E-state index is 13.4. The summed E-state index contributed by atoms with van der Waals surface area (Å²) in [5, 5.41) is 5.64. The molecular weight excluding hydrogens is 440 g/mol. The molecule has 0 saturated carbocycles. The van der Waals surface area contributed by atoms with Gasteiger partial charge in [0.2, 0.25) is 0 Å². The average molecular weight is 473 g/mol. The highest BCUT2D eigenvalue weighted by Crippen LogP contribution is 2.22. The van der Waals surface area contributed by atoms with E-state index in [1.807, 2.05) is 81.4 Å². The third kappa shape index (κ3) is 8.10. The zero-order chi connectivity index (χ0) is 25.3. The molecule has 0 aliphatic heterocycles. The molecule has 3 rings (SSSR count). The first kappa shape index (κ1) is 25.7. The standard InChI is InChI=1S/C29H32N2O4/c1-29(2,3)31-27(33)24-17-11-10-16-23(24)26(25(32)19-18-21-12-6-4-7-13-21)30-28(34)35-20-22-14-8-5-9-15-22/h4-17,26H,18-20H2,1-3H3,(H,30,34)(H,31,33)/t26-/m0/s1. The number of benzene rings is 3. The molecular formula is C29H32N2O4. The van der Waals surface area contributed by atoms with Crippen molar-refractivity contribution in [3.05, 3.63) is 107 Å². The van der Waals surface area contributed by atoms with Crippen LogP contribution in [0.1, 0.15) is 60.3 Å². The van der Waals surface area contributed by atoms with E-state index in [1.165, 1.54) is 0 Å². The summed E-state index contributed by atoms with van der Waals surface area (Å²) in [5.74, 6) is -0.519. The SMILES string of the molecule is CC(C)(C)NC(=O)c1ccccc1[C@H](NC(=O)OCc1ccccc1)C(=O)CCc1ccccc1. The van der Waals surface area contributed by atoms with Gasteiger partial charge < -0.3 is 15.4 Å². The Morgan fingerprint density at radius 3 is 2.00 bits per heavy atom. The summed E-state index contributed by atoms with van der Waals surface area (Å²) in [6, 6.07) is 24.8. The van der Waals surface area contributed by atoms with Gasteiger partial charge >= 0.3 is 6.09 Å². The van der Waals surface area contributed by atoms with Crippen molar-refractivity contribution in [1.29, 1.82) is 0 Å². The topological polar surface area (TPSA) is 84.5 Å². The van der Waals surface area contributed by atoms with E-state index in [2.05, 4.69) is 10.6 Å². The van der Waals surface area contributed by atoms with Crippen LogP contribution >= 0.6 is 0 Å². The molecule has 0 aromatic heterocycles. The van der Waals surface area contributed by atoms with Gasteiger partial charge in [-0.25, -0.2) is 4.79 Å². The summed E-state index contributed by atoms with van der Waals surface area (Å²) >= 11 is 0. The number of amides is 2. The van der Waals surface area contributed by atoms with Crippen molar-refractivity contribution in [3.63, 3.8) is 0 Å². The van der Waals surface area contributed by atoms with Crippen LogP contribution in [0.4, 0.5) is 4.79 Å². The van der Waals surface area contributed by atoms with E-state index in [9.17, 15) is 14.4 Å². The second kappa shape index (κ2) is 12.0. The van der Waals surface area contributed by atoms with E-state index >= 15 is 0 Å². The molecule has 0 aliphatic rings. The maximum Gasteiger partial charge on any atom is 0.408 e. The van der Waals surface area contributed by atoms with Crippen LogP contribution in [-0.2, 0) is 22.6 Å². The lowest BCUT2D eigenvalue weighted by molar-refractivity contribution is -0.121. The summed E-state index contributed by atoms with van der Waals surface area (Å²) in [5.41, 5.74) is 2.16. The Balaban J connectivity index is 1.82. The van der Waals surface area contributed by atoms with Gasteiger partial charge in [0, 0.05) is 17.5 Å². The molecule has 0 saturated heterocycles. The van der Waals surface area contributed by atoms with E-state index in [4.69, 9.17) is 4.74 Å². The number of alkyl carbamates (subject to hydrolysis) is 1. The summed E-state index contributed by atoms with van der Waals surface area (Å²) < 4.78 is 5.37. The number of aryl methyl sites for hydroxylation is 1. The van der Waals surface area contributed by atoms with Crippen LogP contribution in [0, 0.1) is 0 Å². The van der Waals surface area contributed by atoms with E-state index in [0.29, 0.717) is 17.5 Å². The number of Topliss-reactive ketones (excluding diaryl/α,β-unsaturated/α-hetero) is 1. The molecule has 6 nitrogen and oxygen atoms in total. The van der Waals surface area contributed by atoms with E-state index < -0.39 is 17.7 Å². The monoisotopic (exact) mass is 472 g/mol. The fourth-order valence-electron chi connectivity index (χ4n) is 3.63. The van der Waals surface area contributed by atoms with Crippen molar-refractivity contribution >= 4 is 17.8 Å². The van der Waals surface area contributed by atoms with Gasteiger partial charge in [0.1, 0.15) is 12.6 Å². The number of hydrogen-bond donors (Lipinski definition) is 2. The van der Waals surface area contributed by atoms with E-state index in [0.717, 1.165) is 11.1 Å². The van der Waals surface area contributed by atoms with Crippen LogP contribution in [0.5, 0.6) is 0 Å². The van der Waals surface area contributed by atoms with Crippen molar-refractivity contribution in [3.8, 4) is 0 Å². The van der Waals surface area contributed by atoms with Gasteiger partial charge in [-0.3, -0.25) is 9.59 Å². The molecule has 0 fully saturated rings. The third-order valence-corrected chi connectivity index (χ3v) is 5.30. The van der Waals surface area contributed by atoms with E-state index in [1.54, 1.807) is 24.3 Å². The van der Waals surface area contributed by atoms with Crippen LogP contribution in [0.15, 0.2) is 84.9 Å². The molecule has 1 atom stereocenters. The van der Waals surface area contributed by atoms with Crippen molar-refractivity contribution in [1.82, 2.24) is 10.6 Å². The van der Waals surface area contributed by atoms with Crippen molar-refractivity contribution in [2.24, 2.45) is 0 Å². The lowest BCUT2D eigenvalue weighted by Crippen LogP contribution is -2.42. The van der Waals surface area contributed by atoms with E-state index in [-0.39, 0.29) is 24.7 Å². The predicted octanol–water partition coefficient (Wildman–Crippen LogP) is 5.38. The van der Waals surface area contributed by atoms with Gasteiger partial charge in [-0.05, 0) is 49.9 Å². The molecule has 6 heteroatoms. The molecule has 0 aliphatic carbocycles. The van der Waals surface area contributed by atoms with Gasteiger partial charge in [-0.1, -0.05) is 78.9 Å². The highest BCUT2D eigenvalue weighted by atomic mass is 16.5. The molecule has 35 heavy (non-hydrogen) atoms. The lowest BCUT2D eigenvalue weighted by atomic mass is 9.93. The van der Waals surface area contributed by atoms with Gasteiger partial charge in [0.15, 0.2) is 5.78 Å². The molecule has 2 amide bonds. The fraction of sp³-hybridized carbons (Fsp3) is 0.276. The maximum atomic E-state index is 13.4. The number of ether oxygens (including phenoxy) is 1. The number of carbonyl (C=O) groups excluding carboxylic acids is 3. The van der Waals surface area contributed by atoms with Crippen molar-refractivity contribution in [2.45, 2.75) is 51.8 Å².